The number of benzene rings is 2. The lowest BCUT2D eigenvalue weighted by molar-refractivity contribution is 0.648. The molecule has 0 aliphatic carbocycles. The molecule has 5 rings (SSSR count). The van der Waals surface area contributed by atoms with Gasteiger partial charge < -0.3 is 15.1 Å². The summed E-state index contributed by atoms with van der Waals surface area (Å²) in [7, 11) is 0. The van der Waals surface area contributed by atoms with Crippen molar-refractivity contribution >= 4 is 45.6 Å². The zero-order valence-electron chi connectivity index (χ0n) is 16.6. The fraction of sp³-hybridized carbons (Fsp3) is 0.227. The number of halogens is 1. The summed E-state index contributed by atoms with van der Waals surface area (Å²) in [5.74, 6) is 1.63. The van der Waals surface area contributed by atoms with Crippen molar-refractivity contribution in [1.82, 2.24) is 20.2 Å². The van der Waals surface area contributed by atoms with Gasteiger partial charge >= 0.3 is 0 Å². The van der Waals surface area contributed by atoms with Crippen LogP contribution in [-0.2, 0) is 0 Å². The van der Waals surface area contributed by atoms with Crippen molar-refractivity contribution in [3.63, 3.8) is 0 Å². The molecule has 0 amide bonds. The molecule has 0 radical (unpaired) electrons. The number of rotatable bonds is 4. The van der Waals surface area contributed by atoms with Crippen LogP contribution in [0.4, 0.5) is 23.0 Å². The Hall–Kier alpha value is -3.32. The SMILES string of the molecule is Cc1ccc(Cl)cc1N1CCN(c2ncnc3[nH]nc(Nc4ccccc4)c23)CC1. The number of hydrogen-bond donors (Lipinski definition) is 2. The van der Waals surface area contributed by atoms with Crippen molar-refractivity contribution in [3.05, 3.63) is 65.4 Å². The quantitative estimate of drug-likeness (QED) is 0.511. The Bertz CT molecular complexity index is 1170. The topological polar surface area (TPSA) is 73.0 Å². The number of anilines is 4. The van der Waals surface area contributed by atoms with Gasteiger partial charge in [-0.05, 0) is 36.8 Å². The van der Waals surface area contributed by atoms with Crippen LogP contribution in [0.15, 0.2) is 54.9 Å². The Morgan fingerprint density at radius 3 is 2.53 bits per heavy atom. The maximum atomic E-state index is 6.23. The number of nitrogens with one attached hydrogen (secondary N) is 2. The second kappa shape index (κ2) is 7.84. The van der Waals surface area contributed by atoms with Crippen LogP contribution in [0.1, 0.15) is 5.56 Å². The van der Waals surface area contributed by atoms with Crippen molar-refractivity contribution in [2.24, 2.45) is 0 Å². The Balaban J connectivity index is 1.40. The van der Waals surface area contributed by atoms with Gasteiger partial charge in [-0.3, -0.25) is 5.10 Å². The Morgan fingerprint density at radius 1 is 0.967 bits per heavy atom. The van der Waals surface area contributed by atoms with E-state index in [0.717, 1.165) is 59.6 Å². The van der Waals surface area contributed by atoms with Crippen molar-refractivity contribution < 1.29 is 0 Å². The van der Waals surface area contributed by atoms with Gasteiger partial charge in [-0.2, -0.15) is 5.10 Å². The summed E-state index contributed by atoms with van der Waals surface area (Å²) in [5, 5.41) is 12.5. The predicted molar refractivity (Wildman–Crippen MR) is 122 cm³/mol. The van der Waals surface area contributed by atoms with Gasteiger partial charge in [-0.15, -0.1) is 0 Å². The minimum atomic E-state index is 0.728. The molecule has 2 aromatic heterocycles. The number of aromatic nitrogens is 4. The molecule has 152 valence electrons. The predicted octanol–water partition coefficient (Wildman–Crippen LogP) is 4.38. The van der Waals surface area contributed by atoms with Crippen LogP contribution in [0, 0.1) is 6.92 Å². The van der Waals surface area contributed by atoms with E-state index in [2.05, 4.69) is 48.3 Å². The van der Waals surface area contributed by atoms with Gasteiger partial charge in [-0.1, -0.05) is 35.9 Å². The third-order valence-electron chi connectivity index (χ3n) is 5.47. The van der Waals surface area contributed by atoms with E-state index in [4.69, 9.17) is 11.6 Å². The molecule has 0 unspecified atom stereocenters. The molecule has 30 heavy (non-hydrogen) atoms. The molecular weight excluding hydrogens is 398 g/mol. The highest BCUT2D eigenvalue weighted by molar-refractivity contribution is 6.30. The highest BCUT2D eigenvalue weighted by Gasteiger charge is 2.23. The number of piperazine rings is 1. The first-order valence-corrected chi connectivity index (χ1v) is 10.3. The van der Waals surface area contributed by atoms with Gasteiger partial charge in [0.05, 0.1) is 0 Å². The first kappa shape index (κ1) is 18.7. The van der Waals surface area contributed by atoms with Gasteiger partial charge in [0.2, 0.25) is 0 Å². The summed E-state index contributed by atoms with van der Waals surface area (Å²) in [4.78, 5) is 13.7. The van der Waals surface area contributed by atoms with E-state index in [1.165, 1.54) is 11.3 Å². The van der Waals surface area contributed by atoms with Crippen LogP contribution >= 0.6 is 11.6 Å². The van der Waals surface area contributed by atoms with Crippen LogP contribution in [-0.4, -0.2) is 46.3 Å². The lowest BCUT2D eigenvalue weighted by Gasteiger charge is -2.37. The largest absolute Gasteiger partial charge is 0.368 e. The summed E-state index contributed by atoms with van der Waals surface area (Å²) in [6.07, 6.45) is 1.59. The molecule has 0 saturated carbocycles. The van der Waals surface area contributed by atoms with Crippen molar-refractivity contribution in [2.75, 3.05) is 41.3 Å². The second-order valence-corrected chi connectivity index (χ2v) is 7.83. The Morgan fingerprint density at radius 2 is 1.73 bits per heavy atom. The maximum Gasteiger partial charge on any atom is 0.165 e. The number of hydrogen-bond acceptors (Lipinski definition) is 6. The second-order valence-electron chi connectivity index (χ2n) is 7.39. The maximum absolute atomic E-state index is 6.23. The summed E-state index contributed by atoms with van der Waals surface area (Å²) < 4.78 is 0. The van der Waals surface area contributed by atoms with Gasteiger partial charge in [0.25, 0.3) is 0 Å². The van der Waals surface area contributed by atoms with Crippen LogP contribution in [0.5, 0.6) is 0 Å². The molecule has 2 aromatic carbocycles. The van der Waals surface area contributed by atoms with Crippen LogP contribution in [0.25, 0.3) is 11.0 Å². The fourth-order valence-corrected chi connectivity index (χ4v) is 4.08. The lowest BCUT2D eigenvalue weighted by atomic mass is 10.1. The van der Waals surface area contributed by atoms with Crippen molar-refractivity contribution in [1.29, 1.82) is 0 Å². The Labute approximate surface area is 179 Å². The fourth-order valence-electron chi connectivity index (χ4n) is 3.91. The highest BCUT2D eigenvalue weighted by Crippen LogP contribution is 2.32. The third-order valence-corrected chi connectivity index (χ3v) is 5.70. The molecule has 4 aromatic rings. The molecule has 1 fully saturated rings. The molecule has 0 atom stereocenters. The number of aromatic amines is 1. The normalized spacial score (nSPS) is 14.3. The average molecular weight is 420 g/mol. The number of aryl methyl sites for hydroxylation is 1. The molecule has 1 saturated heterocycles. The van der Waals surface area contributed by atoms with Gasteiger partial charge in [0.1, 0.15) is 17.5 Å². The highest BCUT2D eigenvalue weighted by atomic mass is 35.5. The number of fused-ring (bicyclic) bond motifs is 1. The number of nitrogens with zero attached hydrogens (tertiary/aromatic N) is 5. The average Bonchev–Trinajstić information content (AvgIpc) is 3.19. The first-order valence-electron chi connectivity index (χ1n) is 9.96. The van der Waals surface area contributed by atoms with Gasteiger partial charge in [0, 0.05) is 42.6 Å². The van der Waals surface area contributed by atoms with Crippen molar-refractivity contribution in [3.8, 4) is 0 Å². The lowest BCUT2D eigenvalue weighted by Crippen LogP contribution is -2.47. The summed E-state index contributed by atoms with van der Waals surface area (Å²) in [6, 6.07) is 16.1. The van der Waals surface area contributed by atoms with Crippen LogP contribution in [0.2, 0.25) is 5.02 Å². The monoisotopic (exact) mass is 419 g/mol. The van der Waals surface area contributed by atoms with E-state index >= 15 is 0 Å². The molecule has 7 nitrogen and oxygen atoms in total. The first-order chi connectivity index (χ1) is 14.7. The molecule has 0 bridgehead atoms. The third kappa shape index (κ3) is 3.52. The van der Waals surface area contributed by atoms with Gasteiger partial charge in [-0.25, -0.2) is 9.97 Å². The smallest absolute Gasteiger partial charge is 0.165 e. The van der Waals surface area contributed by atoms with E-state index in [-0.39, 0.29) is 0 Å². The molecule has 1 aliphatic heterocycles. The number of para-hydroxylation sites is 1. The van der Waals surface area contributed by atoms with E-state index in [1.807, 2.05) is 42.5 Å². The molecule has 0 spiro atoms. The number of H-pyrrole nitrogens is 1. The minimum absolute atomic E-state index is 0.728. The summed E-state index contributed by atoms with van der Waals surface area (Å²) in [6.45, 7) is 5.62. The van der Waals surface area contributed by atoms with Gasteiger partial charge in [0.15, 0.2) is 11.5 Å². The van der Waals surface area contributed by atoms with E-state index in [0.29, 0.717) is 0 Å². The molecule has 2 N–H and O–H groups in total. The molecule has 3 heterocycles. The Kier molecular flexibility index (Phi) is 4.88. The van der Waals surface area contributed by atoms with Crippen molar-refractivity contribution in [2.45, 2.75) is 6.92 Å². The van der Waals surface area contributed by atoms with Crippen LogP contribution < -0.4 is 15.1 Å². The van der Waals surface area contributed by atoms with E-state index < -0.39 is 0 Å². The standard InChI is InChI=1S/C22H22ClN7/c1-15-7-8-16(23)13-18(15)29-9-11-30(12-10-29)22-19-20(24-14-25-22)27-28-21(19)26-17-5-3-2-4-6-17/h2-8,13-14H,9-12H2,1H3,(H2,24,25,26,27,28). The molecular formula is C22H22ClN7. The zero-order valence-corrected chi connectivity index (χ0v) is 17.4. The summed E-state index contributed by atoms with van der Waals surface area (Å²) in [5.41, 5.74) is 4.14. The summed E-state index contributed by atoms with van der Waals surface area (Å²) >= 11 is 6.23. The molecule has 1 aliphatic rings. The molecule has 8 heteroatoms. The minimum Gasteiger partial charge on any atom is -0.368 e. The van der Waals surface area contributed by atoms with E-state index in [9.17, 15) is 0 Å². The zero-order chi connectivity index (χ0) is 20.5. The van der Waals surface area contributed by atoms with E-state index in [1.54, 1.807) is 6.33 Å². The van der Waals surface area contributed by atoms with Crippen LogP contribution in [0.3, 0.4) is 0 Å².